The van der Waals surface area contributed by atoms with E-state index in [0.717, 1.165) is 6.54 Å². The molecule has 2 unspecified atom stereocenters. The van der Waals surface area contributed by atoms with Crippen LogP contribution in [0.1, 0.15) is 6.92 Å². The molecule has 0 aliphatic carbocycles. The van der Waals surface area contributed by atoms with Gasteiger partial charge in [0.05, 0.1) is 5.03 Å². The standard InChI is InChI=1S/C8H11ClN2O/c1-2-11-4-5(10)3-6(9)7-8(11)12-7/h3-4,7-8H,2,10H2,1H3. The lowest BCUT2D eigenvalue weighted by Gasteiger charge is -2.14. The summed E-state index contributed by atoms with van der Waals surface area (Å²) in [4.78, 5) is 2.05. The molecule has 0 aromatic rings. The monoisotopic (exact) mass is 186 g/mol. The normalized spacial score (nSPS) is 33.3. The number of nitrogens with two attached hydrogens (primary N) is 1. The molecule has 0 aromatic carbocycles. The van der Waals surface area contributed by atoms with Crippen LogP contribution in [0.2, 0.25) is 0 Å². The van der Waals surface area contributed by atoms with Gasteiger partial charge in [0.25, 0.3) is 0 Å². The summed E-state index contributed by atoms with van der Waals surface area (Å²) in [5, 5.41) is 0.699. The van der Waals surface area contributed by atoms with Crippen LogP contribution in [0.3, 0.4) is 0 Å². The van der Waals surface area contributed by atoms with Gasteiger partial charge in [0.15, 0.2) is 6.23 Å². The van der Waals surface area contributed by atoms with E-state index in [1.165, 1.54) is 0 Å². The fourth-order valence-corrected chi connectivity index (χ4v) is 1.66. The van der Waals surface area contributed by atoms with Gasteiger partial charge in [-0.1, -0.05) is 11.6 Å². The third kappa shape index (κ3) is 1.19. The first-order valence-electron chi connectivity index (χ1n) is 3.98. The Morgan fingerprint density at radius 2 is 2.50 bits per heavy atom. The summed E-state index contributed by atoms with van der Waals surface area (Å²) in [6, 6.07) is 0. The zero-order chi connectivity index (χ0) is 8.72. The number of epoxide rings is 1. The summed E-state index contributed by atoms with van der Waals surface area (Å²) in [6.45, 7) is 2.95. The molecule has 0 amide bonds. The summed E-state index contributed by atoms with van der Waals surface area (Å²) in [5.74, 6) is 0. The highest BCUT2D eigenvalue weighted by molar-refractivity contribution is 6.30. The Labute approximate surface area is 76.4 Å². The van der Waals surface area contributed by atoms with E-state index in [1.807, 2.05) is 11.1 Å². The van der Waals surface area contributed by atoms with Crippen LogP contribution in [0.15, 0.2) is 23.0 Å². The lowest BCUT2D eigenvalue weighted by Crippen LogP contribution is -2.22. The fourth-order valence-electron chi connectivity index (χ4n) is 1.37. The molecule has 2 aliphatic heterocycles. The van der Waals surface area contributed by atoms with Gasteiger partial charge in [0.2, 0.25) is 0 Å². The van der Waals surface area contributed by atoms with Gasteiger partial charge in [-0.2, -0.15) is 0 Å². The second kappa shape index (κ2) is 2.68. The molecule has 0 saturated carbocycles. The fraction of sp³-hybridized carbons (Fsp3) is 0.500. The molecule has 1 saturated heterocycles. The first-order valence-corrected chi connectivity index (χ1v) is 4.35. The quantitative estimate of drug-likeness (QED) is 0.621. The molecule has 3 nitrogen and oxygen atoms in total. The van der Waals surface area contributed by atoms with Crippen molar-refractivity contribution in [3.63, 3.8) is 0 Å². The van der Waals surface area contributed by atoms with Crippen molar-refractivity contribution in [2.75, 3.05) is 6.54 Å². The number of nitrogens with zero attached hydrogens (tertiary/aromatic N) is 1. The molecule has 2 aliphatic rings. The van der Waals surface area contributed by atoms with E-state index in [-0.39, 0.29) is 12.3 Å². The summed E-state index contributed by atoms with van der Waals surface area (Å²) >= 11 is 5.92. The zero-order valence-electron chi connectivity index (χ0n) is 6.83. The average Bonchev–Trinajstić information content (AvgIpc) is 2.77. The van der Waals surface area contributed by atoms with Crippen molar-refractivity contribution in [2.45, 2.75) is 19.3 Å². The highest BCUT2D eigenvalue weighted by Crippen LogP contribution is 2.36. The molecule has 12 heavy (non-hydrogen) atoms. The van der Waals surface area contributed by atoms with Gasteiger partial charge in [-0.15, -0.1) is 0 Å². The van der Waals surface area contributed by atoms with E-state index >= 15 is 0 Å². The van der Waals surface area contributed by atoms with Gasteiger partial charge >= 0.3 is 0 Å². The third-order valence-corrected chi connectivity index (χ3v) is 2.38. The van der Waals surface area contributed by atoms with Crippen molar-refractivity contribution in [1.82, 2.24) is 4.90 Å². The number of hydrogen-bond donors (Lipinski definition) is 1. The minimum Gasteiger partial charge on any atom is -0.398 e. The van der Waals surface area contributed by atoms with Crippen LogP contribution >= 0.6 is 11.6 Å². The third-order valence-electron chi connectivity index (χ3n) is 2.05. The summed E-state index contributed by atoms with van der Waals surface area (Å²) in [5.41, 5.74) is 6.37. The average molecular weight is 187 g/mol. The van der Waals surface area contributed by atoms with E-state index in [4.69, 9.17) is 22.1 Å². The van der Waals surface area contributed by atoms with Crippen molar-refractivity contribution in [3.05, 3.63) is 23.0 Å². The van der Waals surface area contributed by atoms with Gasteiger partial charge in [0.1, 0.15) is 6.10 Å². The van der Waals surface area contributed by atoms with Gasteiger partial charge in [0, 0.05) is 18.4 Å². The SMILES string of the molecule is CCN1C=C(N)C=C(Cl)C2OC21. The van der Waals surface area contributed by atoms with Gasteiger partial charge in [-0.05, 0) is 13.0 Å². The Kier molecular flexibility index (Phi) is 1.77. The Bertz CT molecular complexity index is 262. The number of ether oxygens (including phenoxy) is 1. The molecule has 66 valence electrons. The largest absolute Gasteiger partial charge is 0.398 e. The van der Waals surface area contributed by atoms with Gasteiger partial charge in [-0.25, -0.2) is 0 Å². The Morgan fingerprint density at radius 1 is 1.75 bits per heavy atom. The lowest BCUT2D eigenvalue weighted by molar-refractivity contribution is 0.242. The van der Waals surface area contributed by atoms with Crippen molar-refractivity contribution in [3.8, 4) is 0 Å². The highest BCUT2D eigenvalue weighted by Gasteiger charge is 2.45. The Hall–Kier alpha value is -0.670. The number of likely N-dealkylation sites (N-methyl/N-ethyl adjacent to an activating group) is 1. The van der Waals surface area contributed by atoms with E-state index < -0.39 is 0 Å². The van der Waals surface area contributed by atoms with Crippen LogP contribution in [-0.4, -0.2) is 23.8 Å². The van der Waals surface area contributed by atoms with Crippen molar-refractivity contribution in [2.24, 2.45) is 5.73 Å². The summed E-state index contributed by atoms with van der Waals surface area (Å²) < 4.78 is 5.35. The molecule has 2 N–H and O–H groups in total. The zero-order valence-corrected chi connectivity index (χ0v) is 7.58. The minimum absolute atomic E-state index is 0.0453. The minimum atomic E-state index is 0.0453. The molecule has 0 aromatic heterocycles. The molecule has 0 bridgehead atoms. The molecule has 2 heterocycles. The predicted molar refractivity (Wildman–Crippen MR) is 47.2 cm³/mol. The number of allylic oxidation sites excluding steroid dienone is 1. The molecule has 2 atom stereocenters. The molecule has 0 spiro atoms. The van der Waals surface area contributed by atoms with Crippen LogP contribution in [0.4, 0.5) is 0 Å². The first-order chi connectivity index (χ1) is 5.72. The maximum absolute atomic E-state index is 5.92. The number of halogens is 1. The van der Waals surface area contributed by atoms with E-state index in [9.17, 15) is 0 Å². The highest BCUT2D eigenvalue weighted by atomic mass is 35.5. The molecule has 4 heteroatoms. The lowest BCUT2D eigenvalue weighted by atomic mass is 10.3. The topological polar surface area (TPSA) is 41.8 Å². The van der Waals surface area contributed by atoms with Crippen LogP contribution in [-0.2, 0) is 4.74 Å². The smallest absolute Gasteiger partial charge is 0.162 e. The summed E-state index contributed by atoms with van der Waals surface area (Å²) in [6.07, 6.45) is 3.78. The number of hydrogen-bond acceptors (Lipinski definition) is 3. The predicted octanol–water partition coefficient (Wildman–Crippen LogP) is 0.970. The van der Waals surface area contributed by atoms with Crippen molar-refractivity contribution >= 4 is 11.6 Å². The van der Waals surface area contributed by atoms with E-state index in [2.05, 4.69) is 6.92 Å². The molecule has 0 radical (unpaired) electrons. The number of fused-ring (bicyclic) bond motifs is 1. The van der Waals surface area contributed by atoms with Crippen molar-refractivity contribution in [1.29, 1.82) is 0 Å². The van der Waals surface area contributed by atoms with E-state index in [0.29, 0.717) is 10.7 Å². The molecular formula is C8H11ClN2O. The first kappa shape index (κ1) is 7.95. The van der Waals surface area contributed by atoms with Gasteiger partial charge in [-0.3, -0.25) is 0 Å². The molecular weight excluding hydrogens is 176 g/mol. The molecule has 1 fully saturated rings. The second-order valence-corrected chi connectivity index (χ2v) is 3.37. The van der Waals surface area contributed by atoms with Crippen molar-refractivity contribution < 1.29 is 4.74 Å². The van der Waals surface area contributed by atoms with Crippen LogP contribution < -0.4 is 5.73 Å². The maximum Gasteiger partial charge on any atom is 0.162 e. The van der Waals surface area contributed by atoms with Crippen LogP contribution in [0, 0.1) is 0 Å². The second-order valence-electron chi connectivity index (χ2n) is 2.94. The number of rotatable bonds is 1. The van der Waals surface area contributed by atoms with Crippen LogP contribution in [0.25, 0.3) is 0 Å². The van der Waals surface area contributed by atoms with Gasteiger partial charge < -0.3 is 15.4 Å². The maximum atomic E-state index is 5.92. The Balaban J connectivity index is 2.22. The van der Waals surface area contributed by atoms with E-state index in [1.54, 1.807) is 6.08 Å². The summed E-state index contributed by atoms with van der Waals surface area (Å²) in [7, 11) is 0. The molecule has 2 rings (SSSR count). The van der Waals surface area contributed by atoms with Crippen LogP contribution in [0.5, 0.6) is 0 Å². The Morgan fingerprint density at radius 3 is 3.17 bits per heavy atom.